The zero-order valence-corrected chi connectivity index (χ0v) is 16.4. The van der Waals surface area contributed by atoms with Crippen LogP contribution in [-0.2, 0) is 0 Å². The first-order valence-corrected chi connectivity index (χ1v) is 9.55. The molecule has 0 N–H and O–H groups in total. The van der Waals surface area contributed by atoms with Crippen molar-refractivity contribution in [3.63, 3.8) is 0 Å². The second-order valence-electron chi connectivity index (χ2n) is 6.55. The van der Waals surface area contributed by atoms with Crippen LogP contribution in [0.3, 0.4) is 0 Å². The van der Waals surface area contributed by atoms with Crippen LogP contribution < -0.4 is 14.5 Å². The summed E-state index contributed by atoms with van der Waals surface area (Å²) in [5, 5.41) is 0. The van der Waals surface area contributed by atoms with Crippen LogP contribution in [0.5, 0.6) is 5.75 Å². The van der Waals surface area contributed by atoms with Crippen molar-refractivity contribution in [1.29, 1.82) is 0 Å². The normalized spacial score (nSPS) is 14.2. The quantitative estimate of drug-likeness (QED) is 0.785. The third-order valence-electron chi connectivity index (χ3n) is 5.10. The summed E-state index contributed by atoms with van der Waals surface area (Å²) < 4.78 is 5.21. The number of carbonyl (C=O) groups excluding carboxylic acids is 1. The molecule has 0 saturated carbocycles. The highest BCUT2D eigenvalue weighted by molar-refractivity contribution is 5.93. The highest BCUT2D eigenvalue weighted by atomic mass is 16.5. The number of aromatic nitrogens is 1. The molecule has 1 saturated heterocycles. The molecule has 0 atom stereocenters. The number of rotatable bonds is 6. The zero-order valence-electron chi connectivity index (χ0n) is 16.4. The van der Waals surface area contributed by atoms with Gasteiger partial charge in [0.25, 0.3) is 5.91 Å². The van der Waals surface area contributed by atoms with Crippen molar-refractivity contribution >= 4 is 17.3 Å². The van der Waals surface area contributed by atoms with Gasteiger partial charge in [-0.1, -0.05) is 0 Å². The average molecular weight is 368 g/mol. The Hall–Kier alpha value is -2.76. The fourth-order valence-corrected chi connectivity index (χ4v) is 3.44. The van der Waals surface area contributed by atoms with E-state index in [0.29, 0.717) is 18.8 Å². The number of nitrogens with zero attached hydrogens (tertiary/aromatic N) is 4. The summed E-state index contributed by atoms with van der Waals surface area (Å²) in [4.78, 5) is 23.6. The number of amides is 1. The second-order valence-corrected chi connectivity index (χ2v) is 6.55. The fraction of sp³-hybridized carbons (Fsp3) is 0.429. The molecule has 6 heteroatoms. The monoisotopic (exact) mass is 368 g/mol. The van der Waals surface area contributed by atoms with Gasteiger partial charge in [0.1, 0.15) is 11.4 Å². The first-order valence-electron chi connectivity index (χ1n) is 9.55. The molecule has 1 aliphatic heterocycles. The largest absolute Gasteiger partial charge is 0.497 e. The van der Waals surface area contributed by atoms with Gasteiger partial charge >= 0.3 is 0 Å². The Morgan fingerprint density at radius 2 is 1.74 bits per heavy atom. The predicted octanol–water partition coefficient (Wildman–Crippen LogP) is 2.90. The first-order chi connectivity index (χ1) is 13.2. The summed E-state index contributed by atoms with van der Waals surface area (Å²) in [5.74, 6) is 0.866. The minimum atomic E-state index is 0.0124. The number of anilines is 2. The number of benzene rings is 1. The van der Waals surface area contributed by atoms with Crippen LogP contribution in [0.4, 0.5) is 11.4 Å². The standard InChI is InChI=1S/C21H28N4O2/c1-4-23(5-2)18-10-11-22-20(16-18)21(26)25-14-12-24(13-15-25)17-6-8-19(27-3)9-7-17/h6-11,16H,4-5,12-15H2,1-3H3. The van der Waals surface area contributed by atoms with E-state index >= 15 is 0 Å². The van der Waals surface area contributed by atoms with Gasteiger partial charge in [0, 0.05) is 56.8 Å². The van der Waals surface area contributed by atoms with E-state index < -0.39 is 0 Å². The Balaban J connectivity index is 1.63. The molecule has 0 unspecified atom stereocenters. The molecule has 3 rings (SSSR count). The van der Waals surface area contributed by atoms with Crippen molar-refractivity contribution in [2.45, 2.75) is 13.8 Å². The maximum Gasteiger partial charge on any atom is 0.272 e. The molecule has 2 aromatic rings. The molecule has 0 aliphatic carbocycles. The SMILES string of the molecule is CCN(CC)c1ccnc(C(=O)N2CCN(c3ccc(OC)cc3)CC2)c1. The van der Waals surface area contributed by atoms with Gasteiger partial charge in [-0.15, -0.1) is 0 Å². The van der Waals surface area contributed by atoms with Crippen molar-refractivity contribution < 1.29 is 9.53 Å². The number of pyridine rings is 1. The van der Waals surface area contributed by atoms with Gasteiger partial charge in [0.05, 0.1) is 7.11 Å². The third kappa shape index (κ3) is 4.32. The zero-order chi connectivity index (χ0) is 19.2. The smallest absolute Gasteiger partial charge is 0.272 e. The van der Waals surface area contributed by atoms with Crippen LogP contribution in [0.25, 0.3) is 0 Å². The van der Waals surface area contributed by atoms with E-state index in [1.165, 1.54) is 0 Å². The number of ether oxygens (including phenoxy) is 1. The van der Waals surface area contributed by atoms with Crippen LogP contribution in [0.2, 0.25) is 0 Å². The van der Waals surface area contributed by atoms with Gasteiger partial charge in [-0.25, -0.2) is 0 Å². The number of methoxy groups -OCH3 is 1. The van der Waals surface area contributed by atoms with Gasteiger partial charge < -0.3 is 19.4 Å². The molecule has 1 aromatic heterocycles. The van der Waals surface area contributed by atoms with E-state index in [4.69, 9.17) is 4.74 Å². The first kappa shape index (κ1) is 19.0. The van der Waals surface area contributed by atoms with Crippen molar-refractivity contribution in [2.24, 2.45) is 0 Å². The molecule has 6 nitrogen and oxygen atoms in total. The van der Waals surface area contributed by atoms with Crippen molar-refractivity contribution in [3.8, 4) is 5.75 Å². The molecule has 1 aliphatic rings. The van der Waals surface area contributed by atoms with Crippen LogP contribution >= 0.6 is 0 Å². The Morgan fingerprint density at radius 3 is 2.33 bits per heavy atom. The minimum absolute atomic E-state index is 0.0124. The molecule has 1 aromatic carbocycles. The maximum absolute atomic E-state index is 12.9. The van der Waals surface area contributed by atoms with E-state index in [2.05, 4.69) is 40.8 Å². The van der Waals surface area contributed by atoms with Crippen LogP contribution in [0.15, 0.2) is 42.6 Å². The summed E-state index contributed by atoms with van der Waals surface area (Å²) >= 11 is 0. The Kier molecular flexibility index (Phi) is 6.16. The van der Waals surface area contributed by atoms with Gasteiger partial charge in [-0.2, -0.15) is 0 Å². The minimum Gasteiger partial charge on any atom is -0.497 e. The molecule has 0 bridgehead atoms. The lowest BCUT2D eigenvalue weighted by Gasteiger charge is -2.36. The summed E-state index contributed by atoms with van der Waals surface area (Å²) in [5.41, 5.74) is 2.73. The molecule has 0 radical (unpaired) electrons. The number of piperazine rings is 1. The predicted molar refractivity (Wildman–Crippen MR) is 109 cm³/mol. The van der Waals surface area contributed by atoms with E-state index in [9.17, 15) is 4.79 Å². The average Bonchev–Trinajstić information content (AvgIpc) is 2.74. The Labute approximate surface area is 161 Å². The lowest BCUT2D eigenvalue weighted by molar-refractivity contribution is 0.0741. The topological polar surface area (TPSA) is 48.9 Å². The molecule has 1 fully saturated rings. The van der Waals surface area contributed by atoms with Gasteiger partial charge in [-0.05, 0) is 50.2 Å². The second kappa shape index (κ2) is 8.75. The van der Waals surface area contributed by atoms with Crippen molar-refractivity contribution in [2.75, 3.05) is 56.2 Å². The Bertz CT molecular complexity index is 751. The number of hydrogen-bond acceptors (Lipinski definition) is 5. The van der Waals surface area contributed by atoms with Gasteiger partial charge in [0.2, 0.25) is 0 Å². The molecule has 2 heterocycles. The van der Waals surface area contributed by atoms with E-state index in [0.717, 1.165) is 43.3 Å². The van der Waals surface area contributed by atoms with E-state index in [-0.39, 0.29) is 5.91 Å². The summed E-state index contributed by atoms with van der Waals surface area (Å²) in [6.45, 7) is 9.07. The fourth-order valence-electron chi connectivity index (χ4n) is 3.44. The van der Waals surface area contributed by atoms with Crippen LogP contribution in [0.1, 0.15) is 24.3 Å². The highest BCUT2D eigenvalue weighted by Gasteiger charge is 2.23. The van der Waals surface area contributed by atoms with Crippen LogP contribution in [0, 0.1) is 0 Å². The summed E-state index contributed by atoms with van der Waals surface area (Å²) in [6.07, 6.45) is 1.73. The van der Waals surface area contributed by atoms with Gasteiger partial charge in [-0.3, -0.25) is 9.78 Å². The highest BCUT2D eigenvalue weighted by Crippen LogP contribution is 2.21. The maximum atomic E-state index is 12.9. The molecule has 27 heavy (non-hydrogen) atoms. The Morgan fingerprint density at radius 1 is 1.07 bits per heavy atom. The summed E-state index contributed by atoms with van der Waals surface area (Å²) in [7, 11) is 1.67. The van der Waals surface area contributed by atoms with Crippen LogP contribution in [-0.4, -0.2) is 62.2 Å². The van der Waals surface area contributed by atoms with Gasteiger partial charge in [0.15, 0.2) is 0 Å². The number of hydrogen-bond donors (Lipinski definition) is 0. The van der Waals surface area contributed by atoms with E-state index in [1.54, 1.807) is 13.3 Å². The molecular weight excluding hydrogens is 340 g/mol. The number of carbonyl (C=O) groups is 1. The lowest BCUT2D eigenvalue weighted by atomic mass is 10.2. The van der Waals surface area contributed by atoms with Crippen molar-refractivity contribution in [3.05, 3.63) is 48.3 Å². The molecule has 144 valence electrons. The summed E-state index contributed by atoms with van der Waals surface area (Å²) in [6, 6.07) is 11.9. The van der Waals surface area contributed by atoms with Crippen molar-refractivity contribution in [1.82, 2.24) is 9.88 Å². The van der Waals surface area contributed by atoms with E-state index in [1.807, 2.05) is 29.2 Å². The third-order valence-corrected chi connectivity index (χ3v) is 5.10. The molecular formula is C21H28N4O2. The molecule has 0 spiro atoms. The molecule has 1 amide bonds. The lowest BCUT2D eigenvalue weighted by Crippen LogP contribution is -2.49.